The monoisotopic (exact) mass is 556 g/mol. The van der Waals surface area contributed by atoms with Crippen LogP contribution in [0.1, 0.15) is 109 Å². The Kier molecular flexibility index (Phi) is 10.3. The van der Waals surface area contributed by atoms with Gasteiger partial charge in [-0.2, -0.15) is 0 Å². The summed E-state index contributed by atoms with van der Waals surface area (Å²) < 4.78 is 0. The molecule has 1 heterocycles. The van der Waals surface area contributed by atoms with E-state index in [0.717, 1.165) is 24.7 Å². The lowest BCUT2D eigenvalue weighted by atomic mass is 9.71. The SMILES string of the molecule is CC(=O)N(C1CCC(C(C)(C)C)CC1)C1C[C@H](CN2CCC(CCCc3ccccc3)CC2)[C@@H](c2ccccc2)C1. The Balaban J connectivity index is 1.18. The molecule has 1 unspecified atom stereocenters. The second-order valence-corrected chi connectivity index (χ2v) is 14.8. The molecule has 41 heavy (non-hydrogen) atoms. The fourth-order valence-electron chi connectivity index (χ4n) is 8.69. The van der Waals surface area contributed by atoms with Crippen molar-refractivity contribution >= 4 is 5.91 Å². The van der Waals surface area contributed by atoms with Crippen molar-refractivity contribution in [1.29, 1.82) is 0 Å². The van der Waals surface area contributed by atoms with E-state index in [4.69, 9.17) is 0 Å². The highest BCUT2D eigenvalue weighted by molar-refractivity contribution is 5.74. The summed E-state index contributed by atoms with van der Waals surface area (Å²) in [7, 11) is 0. The van der Waals surface area contributed by atoms with Crippen molar-refractivity contribution in [3.8, 4) is 0 Å². The Morgan fingerprint density at radius 1 is 0.829 bits per heavy atom. The Morgan fingerprint density at radius 2 is 1.46 bits per heavy atom. The van der Waals surface area contributed by atoms with E-state index in [1.807, 2.05) is 6.92 Å². The maximum Gasteiger partial charge on any atom is 0.219 e. The summed E-state index contributed by atoms with van der Waals surface area (Å²) >= 11 is 0. The van der Waals surface area contributed by atoms with Crippen LogP contribution in [0.5, 0.6) is 0 Å². The highest BCUT2D eigenvalue weighted by atomic mass is 16.2. The fraction of sp³-hybridized carbons (Fsp3) is 0.658. The summed E-state index contributed by atoms with van der Waals surface area (Å²) in [6, 6.07) is 23.0. The van der Waals surface area contributed by atoms with Crippen LogP contribution in [0.15, 0.2) is 60.7 Å². The highest BCUT2D eigenvalue weighted by Crippen LogP contribution is 2.45. The molecule has 2 aromatic rings. The standard InChI is InChI=1S/C38H56N2O/c1-29(41)40(35-20-18-34(19-21-35)38(2,3)4)36-26-33(37(27-36)32-16-9-6-10-17-32)28-39-24-22-31(23-25-39)15-11-14-30-12-7-5-8-13-30/h5-10,12-13,16-17,31,33-37H,11,14-15,18-28H2,1-4H3/t33-,34?,35?,36?,37-/m1/s1. The molecule has 2 aliphatic carbocycles. The molecule has 0 spiro atoms. The molecule has 3 fully saturated rings. The van der Waals surface area contributed by atoms with Gasteiger partial charge in [-0.05, 0) is 118 Å². The van der Waals surface area contributed by atoms with Gasteiger partial charge in [0.25, 0.3) is 0 Å². The number of nitrogens with zero attached hydrogens (tertiary/aromatic N) is 2. The maximum atomic E-state index is 13.2. The third-order valence-electron chi connectivity index (χ3n) is 11.1. The number of benzene rings is 2. The summed E-state index contributed by atoms with van der Waals surface area (Å²) in [6.07, 6.45) is 13.8. The molecule has 2 saturated carbocycles. The molecule has 3 atom stereocenters. The summed E-state index contributed by atoms with van der Waals surface area (Å²) in [5, 5.41) is 0. The molecule has 1 saturated heterocycles. The molecule has 3 nitrogen and oxygen atoms in total. The molecular formula is C38H56N2O. The zero-order valence-corrected chi connectivity index (χ0v) is 26.4. The molecule has 224 valence electrons. The van der Waals surface area contributed by atoms with E-state index >= 15 is 0 Å². The van der Waals surface area contributed by atoms with E-state index in [9.17, 15) is 4.79 Å². The van der Waals surface area contributed by atoms with E-state index in [1.165, 1.54) is 88.5 Å². The van der Waals surface area contributed by atoms with Crippen molar-refractivity contribution in [2.75, 3.05) is 19.6 Å². The van der Waals surface area contributed by atoms with Crippen LogP contribution < -0.4 is 0 Å². The van der Waals surface area contributed by atoms with Gasteiger partial charge in [0.05, 0.1) is 0 Å². The van der Waals surface area contributed by atoms with Crippen molar-refractivity contribution in [2.24, 2.45) is 23.2 Å². The number of aryl methyl sites for hydroxylation is 1. The van der Waals surface area contributed by atoms with E-state index in [2.05, 4.69) is 91.2 Å². The number of carbonyl (C=O) groups is 1. The smallest absolute Gasteiger partial charge is 0.219 e. The number of hydrogen-bond donors (Lipinski definition) is 0. The van der Waals surface area contributed by atoms with Gasteiger partial charge in [0, 0.05) is 25.6 Å². The Hall–Kier alpha value is -2.13. The third-order valence-corrected chi connectivity index (χ3v) is 11.1. The number of carbonyl (C=O) groups excluding carboxylic acids is 1. The number of rotatable bonds is 9. The van der Waals surface area contributed by atoms with Crippen molar-refractivity contribution in [3.05, 3.63) is 71.8 Å². The quantitative estimate of drug-likeness (QED) is 0.308. The fourth-order valence-corrected chi connectivity index (χ4v) is 8.69. The van der Waals surface area contributed by atoms with Crippen LogP contribution in [0.25, 0.3) is 0 Å². The van der Waals surface area contributed by atoms with Gasteiger partial charge in [-0.1, -0.05) is 87.9 Å². The lowest BCUT2D eigenvalue weighted by Gasteiger charge is -2.43. The number of likely N-dealkylation sites (tertiary alicyclic amines) is 1. The molecule has 5 rings (SSSR count). The first-order valence-corrected chi connectivity index (χ1v) is 16.9. The van der Waals surface area contributed by atoms with Crippen LogP contribution in [-0.4, -0.2) is 47.4 Å². The Morgan fingerprint density at radius 3 is 2.07 bits per heavy atom. The minimum atomic E-state index is 0.304. The predicted molar refractivity (Wildman–Crippen MR) is 172 cm³/mol. The number of piperidine rings is 1. The van der Waals surface area contributed by atoms with Crippen LogP contribution >= 0.6 is 0 Å². The normalized spacial score (nSPS) is 28.0. The van der Waals surface area contributed by atoms with Crippen LogP contribution in [0.2, 0.25) is 0 Å². The molecule has 2 aromatic carbocycles. The van der Waals surface area contributed by atoms with Crippen LogP contribution in [0, 0.1) is 23.2 Å². The third kappa shape index (κ3) is 8.04. The van der Waals surface area contributed by atoms with Crippen LogP contribution in [-0.2, 0) is 11.2 Å². The molecule has 3 aliphatic rings. The average molecular weight is 557 g/mol. The lowest BCUT2D eigenvalue weighted by molar-refractivity contribution is -0.135. The van der Waals surface area contributed by atoms with E-state index in [0.29, 0.717) is 35.2 Å². The van der Waals surface area contributed by atoms with Crippen molar-refractivity contribution in [2.45, 2.75) is 116 Å². The molecule has 0 aromatic heterocycles. The van der Waals surface area contributed by atoms with Crippen LogP contribution in [0.3, 0.4) is 0 Å². The number of hydrogen-bond acceptors (Lipinski definition) is 2. The van der Waals surface area contributed by atoms with Crippen molar-refractivity contribution in [3.63, 3.8) is 0 Å². The van der Waals surface area contributed by atoms with E-state index in [1.54, 1.807) is 0 Å². The zero-order chi connectivity index (χ0) is 28.8. The Bertz CT molecular complexity index is 1060. The number of amides is 1. The van der Waals surface area contributed by atoms with Crippen molar-refractivity contribution in [1.82, 2.24) is 9.80 Å². The first-order chi connectivity index (χ1) is 19.8. The van der Waals surface area contributed by atoms with Gasteiger partial charge in [0.2, 0.25) is 5.91 Å². The minimum absolute atomic E-state index is 0.304. The molecule has 3 heteroatoms. The lowest BCUT2D eigenvalue weighted by Crippen LogP contribution is -2.47. The molecule has 0 N–H and O–H groups in total. The van der Waals surface area contributed by atoms with E-state index < -0.39 is 0 Å². The summed E-state index contributed by atoms with van der Waals surface area (Å²) in [4.78, 5) is 18.3. The van der Waals surface area contributed by atoms with Gasteiger partial charge in [-0.25, -0.2) is 0 Å². The topological polar surface area (TPSA) is 23.6 Å². The molecule has 0 radical (unpaired) electrons. The first-order valence-electron chi connectivity index (χ1n) is 16.9. The van der Waals surface area contributed by atoms with Gasteiger partial charge >= 0.3 is 0 Å². The summed E-state index contributed by atoms with van der Waals surface area (Å²) in [6.45, 7) is 12.7. The Labute approximate surface area is 251 Å². The summed E-state index contributed by atoms with van der Waals surface area (Å²) in [5.41, 5.74) is 3.34. The average Bonchev–Trinajstić information content (AvgIpc) is 3.37. The van der Waals surface area contributed by atoms with Crippen molar-refractivity contribution < 1.29 is 4.79 Å². The second kappa shape index (κ2) is 13.9. The molecular weight excluding hydrogens is 500 g/mol. The van der Waals surface area contributed by atoms with Gasteiger partial charge in [-0.3, -0.25) is 4.79 Å². The molecule has 1 aliphatic heterocycles. The van der Waals surface area contributed by atoms with Gasteiger partial charge in [0.15, 0.2) is 0 Å². The molecule has 1 amide bonds. The molecule has 0 bridgehead atoms. The van der Waals surface area contributed by atoms with Crippen LogP contribution in [0.4, 0.5) is 0 Å². The zero-order valence-electron chi connectivity index (χ0n) is 26.4. The maximum absolute atomic E-state index is 13.2. The predicted octanol–water partition coefficient (Wildman–Crippen LogP) is 8.74. The minimum Gasteiger partial charge on any atom is -0.337 e. The summed E-state index contributed by atoms with van der Waals surface area (Å²) in [5.74, 6) is 3.15. The first kappa shape index (κ1) is 30.3. The van der Waals surface area contributed by atoms with E-state index in [-0.39, 0.29) is 0 Å². The van der Waals surface area contributed by atoms with Gasteiger partial charge in [-0.15, -0.1) is 0 Å². The highest BCUT2D eigenvalue weighted by Gasteiger charge is 2.43. The second-order valence-electron chi connectivity index (χ2n) is 14.8. The largest absolute Gasteiger partial charge is 0.337 e. The van der Waals surface area contributed by atoms with Gasteiger partial charge in [0.1, 0.15) is 0 Å². The van der Waals surface area contributed by atoms with Gasteiger partial charge < -0.3 is 9.80 Å².